The first kappa shape index (κ1) is 64.1. The molecule has 0 saturated carbocycles. The molecule has 68 heavy (non-hydrogen) atoms. The van der Waals surface area contributed by atoms with Gasteiger partial charge >= 0.3 is 17.9 Å². The molecular weight excluding hydrogens is 841 g/mol. The predicted molar refractivity (Wildman–Crippen MR) is 293 cm³/mol. The molecule has 386 valence electrons. The van der Waals surface area contributed by atoms with E-state index in [-0.39, 0.29) is 31.1 Å². The van der Waals surface area contributed by atoms with Crippen LogP contribution in [0.3, 0.4) is 0 Å². The van der Waals surface area contributed by atoms with Gasteiger partial charge in [0.2, 0.25) is 0 Å². The maximum atomic E-state index is 12.8. The van der Waals surface area contributed by atoms with Gasteiger partial charge in [0.15, 0.2) is 6.10 Å². The number of allylic oxidation sites excluding steroid dienone is 18. The first-order valence-corrected chi connectivity index (χ1v) is 28.0. The van der Waals surface area contributed by atoms with Gasteiger partial charge in [-0.3, -0.25) is 14.4 Å². The minimum atomic E-state index is -0.807. The van der Waals surface area contributed by atoms with Gasteiger partial charge < -0.3 is 14.2 Å². The van der Waals surface area contributed by atoms with Crippen molar-refractivity contribution >= 4 is 17.9 Å². The lowest BCUT2D eigenvalue weighted by molar-refractivity contribution is -0.167. The number of carbonyl (C=O) groups excluding carboxylic acids is 3. The van der Waals surface area contributed by atoms with Gasteiger partial charge in [-0.05, 0) is 96.3 Å². The van der Waals surface area contributed by atoms with Crippen molar-refractivity contribution < 1.29 is 28.6 Å². The Hall–Kier alpha value is -3.93. The van der Waals surface area contributed by atoms with Crippen LogP contribution in [0.4, 0.5) is 0 Å². The topological polar surface area (TPSA) is 78.9 Å². The van der Waals surface area contributed by atoms with E-state index in [9.17, 15) is 14.4 Å². The molecule has 0 spiro atoms. The Morgan fingerprint density at radius 1 is 0.324 bits per heavy atom. The Morgan fingerprint density at radius 3 is 1.10 bits per heavy atom. The fourth-order valence-electron chi connectivity index (χ4n) is 7.47. The van der Waals surface area contributed by atoms with E-state index in [2.05, 4.69) is 81.5 Å². The summed E-state index contributed by atoms with van der Waals surface area (Å²) in [5.41, 5.74) is 0. The van der Waals surface area contributed by atoms with E-state index in [4.69, 9.17) is 14.2 Å². The van der Waals surface area contributed by atoms with Crippen molar-refractivity contribution in [1.82, 2.24) is 0 Å². The van der Waals surface area contributed by atoms with Gasteiger partial charge in [-0.1, -0.05) is 239 Å². The molecule has 0 amide bonds. The summed E-state index contributed by atoms with van der Waals surface area (Å²) in [4.78, 5) is 38.1. The van der Waals surface area contributed by atoms with E-state index in [1.165, 1.54) is 103 Å². The molecule has 6 heteroatoms. The van der Waals surface area contributed by atoms with E-state index >= 15 is 0 Å². The van der Waals surface area contributed by atoms with Gasteiger partial charge in [-0.15, -0.1) is 0 Å². The van der Waals surface area contributed by atoms with Crippen molar-refractivity contribution in [3.63, 3.8) is 0 Å². The number of rotatable bonds is 49. The maximum absolute atomic E-state index is 12.8. The largest absolute Gasteiger partial charge is 0.462 e. The Kier molecular flexibility index (Phi) is 52.4. The van der Waals surface area contributed by atoms with Crippen molar-refractivity contribution in [3.05, 3.63) is 109 Å². The van der Waals surface area contributed by atoms with E-state index in [1.54, 1.807) is 0 Å². The van der Waals surface area contributed by atoms with Crippen LogP contribution in [0.5, 0.6) is 0 Å². The zero-order valence-corrected chi connectivity index (χ0v) is 44.1. The van der Waals surface area contributed by atoms with Gasteiger partial charge in [0.25, 0.3) is 0 Å². The summed E-state index contributed by atoms with van der Waals surface area (Å²) in [7, 11) is 0. The molecule has 6 nitrogen and oxygen atoms in total. The Morgan fingerprint density at radius 2 is 0.647 bits per heavy atom. The highest BCUT2D eigenvalue weighted by Gasteiger charge is 2.19. The molecule has 0 aromatic carbocycles. The van der Waals surface area contributed by atoms with Crippen LogP contribution in [0, 0.1) is 0 Å². The molecule has 1 unspecified atom stereocenters. The third-order valence-corrected chi connectivity index (χ3v) is 11.6. The quantitative estimate of drug-likeness (QED) is 0.0199. The highest BCUT2D eigenvalue weighted by molar-refractivity contribution is 5.71. The van der Waals surface area contributed by atoms with Gasteiger partial charge in [0.1, 0.15) is 13.2 Å². The molecule has 0 fully saturated rings. The summed E-state index contributed by atoms with van der Waals surface area (Å²) in [5, 5.41) is 0. The average Bonchev–Trinajstić information content (AvgIpc) is 3.34. The Labute approximate surface area is 419 Å². The van der Waals surface area contributed by atoms with E-state index < -0.39 is 6.10 Å². The second-order valence-electron chi connectivity index (χ2n) is 18.2. The van der Waals surface area contributed by atoms with Crippen LogP contribution in [0.1, 0.15) is 245 Å². The number of hydrogen-bond acceptors (Lipinski definition) is 6. The predicted octanol–water partition coefficient (Wildman–Crippen LogP) is 18.7. The number of esters is 3. The standard InChI is InChI=1S/C62H102O6/c1-4-7-10-13-16-19-22-25-28-30-31-32-35-37-40-43-46-49-52-55-61(64)67-58-59(57-66-60(63)54-51-48-45-42-39-36-33-27-24-21-18-15-12-9-6-3)68-62(65)56-53-50-47-44-41-38-34-29-26-23-20-17-14-11-8-5-2/h8-9,11-12,15,17-18,20-21,24,26-27,29-31,33,36,39,59H,4-7,10,13-14,16,19,22-23,25,28,32,34-35,37-38,40-58H2,1-3H3/b11-8-,12-9-,18-15-,20-17-,24-21-,29-26-,31-30-,33-27-,39-36-. The van der Waals surface area contributed by atoms with Crippen molar-refractivity contribution in [2.45, 2.75) is 252 Å². The van der Waals surface area contributed by atoms with Gasteiger partial charge in [-0.2, -0.15) is 0 Å². The second-order valence-corrected chi connectivity index (χ2v) is 18.2. The lowest BCUT2D eigenvalue weighted by atomic mass is 10.1. The summed E-state index contributed by atoms with van der Waals surface area (Å²) in [5.74, 6) is -0.962. The van der Waals surface area contributed by atoms with Crippen molar-refractivity contribution in [2.75, 3.05) is 13.2 Å². The van der Waals surface area contributed by atoms with Crippen LogP contribution in [-0.4, -0.2) is 37.2 Å². The molecule has 1 atom stereocenters. The molecular formula is C62H102O6. The molecule has 0 radical (unpaired) electrons. The van der Waals surface area contributed by atoms with Crippen LogP contribution < -0.4 is 0 Å². The summed E-state index contributed by atoms with van der Waals surface area (Å²) in [6.07, 6.45) is 75.0. The molecule has 0 aromatic heterocycles. The van der Waals surface area contributed by atoms with E-state index in [1.807, 2.05) is 48.6 Å². The van der Waals surface area contributed by atoms with Crippen LogP contribution in [0.2, 0.25) is 0 Å². The summed E-state index contributed by atoms with van der Waals surface area (Å²) >= 11 is 0. The van der Waals surface area contributed by atoms with Gasteiger partial charge in [0.05, 0.1) is 0 Å². The summed E-state index contributed by atoms with van der Waals surface area (Å²) in [6.45, 7) is 6.34. The highest BCUT2D eigenvalue weighted by atomic mass is 16.6. The van der Waals surface area contributed by atoms with Crippen LogP contribution in [0.25, 0.3) is 0 Å². The molecule has 0 rings (SSSR count). The zero-order chi connectivity index (χ0) is 49.3. The highest BCUT2D eigenvalue weighted by Crippen LogP contribution is 2.14. The van der Waals surface area contributed by atoms with Crippen molar-refractivity contribution in [2.24, 2.45) is 0 Å². The monoisotopic (exact) mass is 943 g/mol. The minimum Gasteiger partial charge on any atom is -0.462 e. The SMILES string of the molecule is CC\C=C/C=C\C=C/C=C\C=C/CCCCCC(=O)OCC(COC(=O)CCCCCCCCC/C=C\CCCCCCCCCC)OC(=O)CCCCCCCC/C=C\C/C=C\C/C=C\CC. The fourth-order valence-corrected chi connectivity index (χ4v) is 7.47. The van der Waals surface area contributed by atoms with E-state index in [0.717, 1.165) is 103 Å². The van der Waals surface area contributed by atoms with E-state index in [0.29, 0.717) is 19.3 Å². The normalized spacial score (nSPS) is 12.9. The summed E-state index contributed by atoms with van der Waals surface area (Å²) < 4.78 is 16.8. The molecule has 0 N–H and O–H groups in total. The van der Waals surface area contributed by atoms with Crippen molar-refractivity contribution in [3.8, 4) is 0 Å². The number of hydrogen-bond donors (Lipinski definition) is 0. The molecule has 0 saturated heterocycles. The zero-order valence-electron chi connectivity index (χ0n) is 44.1. The van der Waals surface area contributed by atoms with Crippen LogP contribution in [0.15, 0.2) is 109 Å². The third kappa shape index (κ3) is 53.0. The molecule has 0 aromatic rings. The molecule has 0 bridgehead atoms. The number of carbonyl (C=O) groups is 3. The van der Waals surface area contributed by atoms with Crippen molar-refractivity contribution in [1.29, 1.82) is 0 Å². The lowest BCUT2D eigenvalue weighted by Gasteiger charge is -2.18. The first-order valence-electron chi connectivity index (χ1n) is 28.0. The maximum Gasteiger partial charge on any atom is 0.306 e. The average molecular weight is 943 g/mol. The smallest absolute Gasteiger partial charge is 0.306 e. The summed E-state index contributed by atoms with van der Waals surface area (Å²) in [6, 6.07) is 0. The Balaban J connectivity index is 4.47. The number of ether oxygens (including phenoxy) is 3. The van der Waals surface area contributed by atoms with Gasteiger partial charge in [-0.25, -0.2) is 0 Å². The fraction of sp³-hybridized carbons (Fsp3) is 0.661. The van der Waals surface area contributed by atoms with Crippen LogP contribution >= 0.6 is 0 Å². The Bertz CT molecular complexity index is 1410. The first-order chi connectivity index (χ1) is 33.5. The number of unbranched alkanes of at least 4 members (excludes halogenated alkanes) is 24. The third-order valence-electron chi connectivity index (χ3n) is 11.6. The van der Waals surface area contributed by atoms with Gasteiger partial charge in [0, 0.05) is 19.3 Å². The second kappa shape index (κ2) is 55.7. The molecule has 0 aliphatic heterocycles. The lowest BCUT2D eigenvalue weighted by Crippen LogP contribution is -2.30. The molecule has 0 aliphatic carbocycles. The molecule has 0 aliphatic rings. The molecule has 0 heterocycles. The van der Waals surface area contributed by atoms with Crippen LogP contribution in [-0.2, 0) is 28.6 Å². The minimum absolute atomic E-state index is 0.101.